The summed E-state index contributed by atoms with van der Waals surface area (Å²) in [7, 11) is 0. The first-order valence-electron chi connectivity index (χ1n) is 23.3. The molecule has 2 aliphatic heterocycles. The number of para-hydroxylation sites is 1. The molecule has 9 heteroatoms. The minimum absolute atomic E-state index is 0.0399. The number of azo groups is 1. The van der Waals surface area contributed by atoms with Crippen molar-refractivity contribution in [1.29, 1.82) is 0 Å². The van der Waals surface area contributed by atoms with E-state index in [9.17, 15) is 0 Å². The van der Waals surface area contributed by atoms with Crippen LogP contribution in [0.25, 0.3) is 26.7 Å². The normalized spacial score (nSPS) is 13.9. The van der Waals surface area contributed by atoms with Crippen molar-refractivity contribution in [2.75, 3.05) is 11.9 Å². The fourth-order valence-electron chi connectivity index (χ4n) is 7.75. The maximum Gasteiger partial charge on any atom is 0.135 e. The molecule has 7 heterocycles. The second-order valence-corrected chi connectivity index (χ2v) is 23.4. The highest BCUT2D eigenvalue weighted by atomic mass is 32.1. The molecule has 10 rings (SSSR count). The summed E-state index contributed by atoms with van der Waals surface area (Å²) in [6.07, 6.45) is 14.4. The molecule has 66 heavy (non-hydrogen) atoms. The third kappa shape index (κ3) is 12.8. The highest BCUT2D eigenvalue weighted by molar-refractivity contribution is 7.16. The van der Waals surface area contributed by atoms with Crippen LogP contribution in [0.3, 0.4) is 0 Å². The molecule has 0 atom stereocenters. The first kappa shape index (κ1) is 49.8. The summed E-state index contributed by atoms with van der Waals surface area (Å²) in [5.74, 6) is 0.919. The number of hydrogen-bond acceptors (Lipinski definition) is 9. The maximum absolute atomic E-state index is 4.51. The van der Waals surface area contributed by atoms with Gasteiger partial charge in [-0.25, -0.2) is 9.97 Å². The SMILES string of the molecule is CC(C)(C)C1=CCc2ccccc21.CC(C)(C)c1cnc2c(c1)N=NC2.CC(C)(C)c1cnc2ccccc2c1.CC(C)(C)c1cncc2c1CCN2.CC(C)(C)c1ncc2ccsc2n1. The number of pyridine rings is 3. The average Bonchev–Trinajstić information content (AvgIpc) is 4.09. The second kappa shape index (κ2) is 20.1. The zero-order chi connectivity index (χ0) is 48.1. The number of nitrogens with zero attached hydrogens (tertiary/aromatic N) is 7. The lowest BCUT2D eigenvalue weighted by molar-refractivity contribution is 0.549. The topological polar surface area (TPSA) is 101 Å². The van der Waals surface area contributed by atoms with Gasteiger partial charge in [-0.15, -0.1) is 11.3 Å². The number of nitrogens with one attached hydrogen (secondary N) is 1. The molecule has 5 aromatic heterocycles. The number of allylic oxidation sites excluding steroid dienone is 2. The van der Waals surface area contributed by atoms with E-state index in [1.807, 2.05) is 54.6 Å². The highest BCUT2D eigenvalue weighted by Crippen LogP contribution is 2.40. The smallest absolute Gasteiger partial charge is 0.135 e. The largest absolute Gasteiger partial charge is 0.383 e. The van der Waals surface area contributed by atoms with Gasteiger partial charge >= 0.3 is 0 Å². The van der Waals surface area contributed by atoms with E-state index in [-0.39, 0.29) is 27.1 Å². The van der Waals surface area contributed by atoms with Crippen LogP contribution >= 0.6 is 11.3 Å². The molecule has 0 unspecified atom stereocenters. The summed E-state index contributed by atoms with van der Waals surface area (Å²) in [6, 6.07) is 23.3. The zero-order valence-electron chi connectivity index (χ0n) is 42.3. The molecular formula is C57H72N8S. The first-order chi connectivity index (χ1) is 30.9. The molecule has 0 spiro atoms. The molecule has 2 aromatic carbocycles. The Kier molecular flexibility index (Phi) is 15.1. The van der Waals surface area contributed by atoms with Crippen LogP contribution in [-0.2, 0) is 41.0 Å². The lowest BCUT2D eigenvalue weighted by Crippen LogP contribution is -2.15. The van der Waals surface area contributed by atoms with Crippen molar-refractivity contribution in [2.45, 2.75) is 145 Å². The number of hydrogen-bond donors (Lipinski definition) is 1. The molecule has 3 aliphatic rings. The van der Waals surface area contributed by atoms with Crippen LogP contribution in [0.15, 0.2) is 119 Å². The summed E-state index contributed by atoms with van der Waals surface area (Å²) >= 11 is 1.67. The summed E-state index contributed by atoms with van der Waals surface area (Å²) in [5.41, 5.74) is 14.9. The van der Waals surface area contributed by atoms with Crippen molar-refractivity contribution in [2.24, 2.45) is 15.6 Å². The third-order valence-electron chi connectivity index (χ3n) is 11.7. The summed E-state index contributed by atoms with van der Waals surface area (Å²) in [5, 5.41) is 15.7. The van der Waals surface area contributed by atoms with Crippen LogP contribution in [0, 0.1) is 5.41 Å². The van der Waals surface area contributed by atoms with Gasteiger partial charge in [0.25, 0.3) is 0 Å². The highest BCUT2D eigenvalue weighted by Gasteiger charge is 2.25. The Hall–Kier alpha value is -5.67. The Morgan fingerprint density at radius 2 is 1.29 bits per heavy atom. The predicted octanol–water partition coefficient (Wildman–Crippen LogP) is 15.5. The molecule has 0 fully saturated rings. The van der Waals surface area contributed by atoms with Gasteiger partial charge < -0.3 is 5.32 Å². The van der Waals surface area contributed by atoms with Gasteiger partial charge in [-0.2, -0.15) is 10.2 Å². The van der Waals surface area contributed by atoms with E-state index in [2.05, 4.69) is 199 Å². The number of fused-ring (bicyclic) bond motifs is 5. The molecule has 8 nitrogen and oxygen atoms in total. The molecule has 1 aliphatic carbocycles. The monoisotopic (exact) mass is 901 g/mol. The van der Waals surface area contributed by atoms with E-state index < -0.39 is 0 Å². The Bertz CT molecular complexity index is 2820. The Balaban J connectivity index is 0.000000136. The number of thiophene rings is 1. The van der Waals surface area contributed by atoms with Gasteiger partial charge in [0, 0.05) is 47.5 Å². The Morgan fingerprint density at radius 1 is 0.606 bits per heavy atom. The van der Waals surface area contributed by atoms with Crippen molar-refractivity contribution >= 4 is 49.4 Å². The number of aromatic nitrogens is 5. The van der Waals surface area contributed by atoms with E-state index >= 15 is 0 Å². The summed E-state index contributed by atoms with van der Waals surface area (Å²) in [6.45, 7) is 34.8. The lowest BCUT2D eigenvalue weighted by atomic mass is 9.83. The molecular weight excluding hydrogens is 829 g/mol. The molecule has 0 saturated heterocycles. The third-order valence-corrected chi connectivity index (χ3v) is 12.6. The quantitative estimate of drug-likeness (QED) is 0.163. The minimum Gasteiger partial charge on any atom is -0.383 e. The number of rotatable bonds is 0. The van der Waals surface area contributed by atoms with E-state index in [4.69, 9.17) is 0 Å². The first-order valence-corrected chi connectivity index (χ1v) is 24.2. The van der Waals surface area contributed by atoms with Gasteiger partial charge in [0.05, 0.1) is 23.1 Å². The van der Waals surface area contributed by atoms with Crippen LogP contribution in [0.5, 0.6) is 0 Å². The minimum atomic E-state index is 0.0399. The van der Waals surface area contributed by atoms with Crippen molar-refractivity contribution in [3.05, 3.63) is 154 Å². The maximum atomic E-state index is 4.51. The second-order valence-electron chi connectivity index (χ2n) is 22.5. The van der Waals surface area contributed by atoms with Gasteiger partial charge in [-0.05, 0) is 103 Å². The fourth-order valence-corrected chi connectivity index (χ4v) is 8.49. The molecule has 1 N–H and O–H groups in total. The van der Waals surface area contributed by atoms with Gasteiger partial charge in [0.2, 0.25) is 0 Å². The molecule has 346 valence electrons. The lowest BCUT2D eigenvalue weighted by Gasteiger charge is -2.21. The van der Waals surface area contributed by atoms with Crippen LogP contribution < -0.4 is 5.32 Å². The van der Waals surface area contributed by atoms with Crippen molar-refractivity contribution in [3.63, 3.8) is 0 Å². The van der Waals surface area contributed by atoms with Gasteiger partial charge in [0.15, 0.2) is 0 Å². The van der Waals surface area contributed by atoms with E-state index in [0.29, 0.717) is 6.54 Å². The number of benzene rings is 2. The van der Waals surface area contributed by atoms with Crippen LogP contribution in [-0.4, -0.2) is 31.5 Å². The fraction of sp³-hybridized carbons (Fsp3) is 0.421. The van der Waals surface area contributed by atoms with Gasteiger partial charge in [-0.1, -0.05) is 152 Å². The van der Waals surface area contributed by atoms with Crippen LogP contribution in [0.1, 0.15) is 149 Å². The van der Waals surface area contributed by atoms with E-state index in [1.165, 1.54) is 50.0 Å². The van der Waals surface area contributed by atoms with Crippen molar-refractivity contribution < 1.29 is 0 Å². The van der Waals surface area contributed by atoms with Crippen LogP contribution in [0.2, 0.25) is 0 Å². The molecule has 0 amide bonds. The van der Waals surface area contributed by atoms with E-state index in [0.717, 1.165) is 52.3 Å². The van der Waals surface area contributed by atoms with Gasteiger partial charge in [0.1, 0.15) is 22.9 Å². The van der Waals surface area contributed by atoms with Gasteiger partial charge in [-0.3, -0.25) is 15.0 Å². The van der Waals surface area contributed by atoms with E-state index in [1.54, 1.807) is 11.3 Å². The molecule has 0 saturated carbocycles. The Morgan fingerprint density at radius 3 is 1.98 bits per heavy atom. The van der Waals surface area contributed by atoms with Crippen molar-refractivity contribution in [1.82, 2.24) is 24.9 Å². The molecule has 7 aromatic rings. The van der Waals surface area contributed by atoms with Crippen molar-refractivity contribution in [3.8, 4) is 0 Å². The predicted molar refractivity (Wildman–Crippen MR) is 280 cm³/mol. The van der Waals surface area contributed by atoms with Crippen LogP contribution in [0.4, 0.5) is 11.4 Å². The molecule has 0 radical (unpaired) electrons. The number of anilines is 1. The Labute approximate surface area is 399 Å². The summed E-state index contributed by atoms with van der Waals surface area (Å²) < 4.78 is 0. The zero-order valence-corrected chi connectivity index (χ0v) is 43.1. The standard InChI is InChI=1S/C13H15N.C13H16.C11H16N2.C10H13N3.C10H12N2S/c1-13(2,3)11-8-10-6-4-5-7-12(10)14-9-11;1-13(2,3)12-9-8-10-6-4-5-7-11(10)12;1-11(2,3)9-6-12-7-10-8(9)4-5-13-10;1-10(2,3)7-4-8-9(11-5-7)6-12-13-8;1-10(2,3)9-11-6-7-4-5-13-8(7)12-9/h4-9H,1-3H3;4-7,9H,8H2,1-3H3;6-7,13H,4-5H2,1-3H3;4-5H,6H2,1-3H3;4-6H,1-3H3. The average molecular weight is 901 g/mol. The molecule has 0 bridgehead atoms. The summed E-state index contributed by atoms with van der Waals surface area (Å²) in [4.78, 5) is 23.0.